The van der Waals surface area contributed by atoms with E-state index >= 15 is 0 Å². The summed E-state index contributed by atoms with van der Waals surface area (Å²) in [5.41, 5.74) is 8.01. The van der Waals surface area contributed by atoms with Gasteiger partial charge in [-0.25, -0.2) is 0 Å². The highest BCUT2D eigenvalue weighted by Crippen LogP contribution is 2.12. The zero-order valence-electron chi connectivity index (χ0n) is 11.5. The van der Waals surface area contributed by atoms with E-state index in [4.69, 9.17) is 5.73 Å². The van der Waals surface area contributed by atoms with E-state index in [1.165, 1.54) is 0 Å². The van der Waals surface area contributed by atoms with E-state index in [2.05, 4.69) is 5.32 Å². The Hall–Kier alpha value is -2.04. The summed E-state index contributed by atoms with van der Waals surface area (Å²) in [5, 5.41) is 12.6. The van der Waals surface area contributed by atoms with Crippen LogP contribution < -0.4 is 11.1 Å². The highest BCUT2D eigenvalue weighted by atomic mass is 35.5. The summed E-state index contributed by atoms with van der Waals surface area (Å²) in [4.78, 5) is 11.8. The molecule has 1 atom stereocenters. The van der Waals surface area contributed by atoms with Crippen LogP contribution in [-0.2, 0) is 11.2 Å². The quantitative estimate of drug-likeness (QED) is 0.740. The molecular weight excluding hydrogens is 288 g/mol. The number of anilines is 1. The zero-order chi connectivity index (χ0) is 14.4. The number of hydrogen-bond acceptors (Lipinski definition) is 3. The molecule has 5 heteroatoms. The number of hydrogen-bond donors (Lipinski definition) is 3. The topological polar surface area (TPSA) is 75.3 Å². The van der Waals surface area contributed by atoms with Crippen LogP contribution in [0.2, 0.25) is 0 Å². The Kier molecular flexibility index (Phi) is 6.72. The van der Waals surface area contributed by atoms with Gasteiger partial charge in [-0.05, 0) is 29.7 Å². The zero-order valence-corrected chi connectivity index (χ0v) is 12.3. The maximum atomic E-state index is 11.8. The Bertz CT molecular complexity index is 558. The second kappa shape index (κ2) is 8.29. The van der Waals surface area contributed by atoms with Crippen LogP contribution in [0.25, 0.3) is 0 Å². The smallest absolute Gasteiger partial charge is 0.253 e. The van der Waals surface area contributed by atoms with Crippen molar-refractivity contribution in [2.75, 3.05) is 12.3 Å². The second-order valence-corrected chi connectivity index (χ2v) is 4.60. The first-order valence-electron chi connectivity index (χ1n) is 6.52. The summed E-state index contributed by atoms with van der Waals surface area (Å²) in [6.07, 6.45) is -0.421. The molecule has 0 saturated carbocycles. The van der Waals surface area contributed by atoms with Crippen molar-refractivity contribution in [1.82, 2.24) is 5.32 Å². The van der Waals surface area contributed by atoms with Crippen molar-refractivity contribution in [2.45, 2.75) is 12.5 Å². The summed E-state index contributed by atoms with van der Waals surface area (Å²) < 4.78 is 0. The molecule has 0 radical (unpaired) electrons. The summed E-state index contributed by atoms with van der Waals surface area (Å²) in [5.74, 6) is -0.383. The first kappa shape index (κ1) is 17.0. The number of aliphatic hydroxyl groups excluding tert-OH is 1. The Morgan fingerprint density at radius 1 is 1.10 bits per heavy atom. The number of aliphatic hydroxyl groups is 1. The molecular formula is C16H19ClN2O2. The van der Waals surface area contributed by atoms with Gasteiger partial charge in [0.25, 0.3) is 5.91 Å². The highest BCUT2D eigenvalue weighted by Gasteiger charge is 2.15. The van der Waals surface area contributed by atoms with Crippen LogP contribution in [0, 0.1) is 0 Å². The summed E-state index contributed by atoms with van der Waals surface area (Å²) >= 11 is 0. The van der Waals surface area contributed by atoms with Gasteiger partial charge in [0.05, 0.1) is 0 Å². The van der Waals surface area contributed by atoms with Crippen LogP contribution in [-0.4, -0.2) is 17.6 Å². The maximum Gasteiger partial charge on any atom is 0.253 e. The number of amides is 1. The number of nitrogens with one attached hydrogen (secondary N) is 1. The molecule has 21 heavy (non-hydrogen) atoms. The maximum absolute atomic E-state index is 11.8. The largest absolute Gasteiger partial charge is 0.399 e. The van der Waals surface area contributed by atoms with E-state index in [9.17, 15) is 9.90 Å². The van der Waals surface area contributed by atoms with Crippen molar-refractivity contribution >= 4 is 24.0 Å². The molecule has 0 aromatic heterocycles. The Morgan fingerprint density at radius 2 is 1.71 bits per heavy atom. The Balaban J connectivity index is 0.00000220. The highest BCUT2D eigenvalue weighted by molar-refractivity contribution is 5.85. The van der Waals surface area contributed by atoms with E-state index < -0.39 is 6.10 Å². The second-order valence-electron chi connectivity index (χ2n) is 4.60. The third kappa shape index (κ3) is 5.10. The molecule has 2 aromatic carbocycles. The number of rotatable bonds is 5. The molecule has 2 rings (SSSR count). The molecule has 112 valence electrons. The van der Waals surface area contributed by atoms with Crippen LogP contribution in [0.5, 0.6) is 0 Å². The first-order valence-corrected chi connectivity index (χ1v) is 6.52. The Labute approximate surface area is 130 Å². The van der Waals surface area contributed by atoms with Crippen LogP contribution in [0.3, 0.4) is 0 Å². The van der Waals surface area contributed by atoms with Crippen molar-refractivity contribution < 1.29 is 9.90 Å². The molecule has 0 heterocycles. The number of benzene rings is 2. The van der Waals surface area contributed by atoms with Crippen molar-refractivity contribution in [3.63, 3.8) is 0 Å². The van der Waals surface area contributed by atoms with Gasteiger partial charge in [-0.15, -0.1) is 12.4 Å². The molecule has 0 aliphatic rings. The fourth-order valence-corrected chi connectivity index (χ4v) is 1.90. The molecule has 0 aliphatic carbocycles. The molecule has 0 spiro atoms. The molecule has 0 bridgehead atoms. The van der Waals surface area contributed by atoms with Crippen LogP contribution in [0.4, 0.5) is 5.69 Å². The normalized spacial score (nSPS) is 11.3. The summed E-state index contributed by atoms with van der Waals surface area (Å²) in [6.45, 7) is 0.479. The van der Waals surface area contributed by atoms with E-state index in [1.54, 1.807) is 24.3 Å². The molecule has 4 nitrogen and oxygen atoms in total. The van der Waals surface area contributed by atoms with Crippen LogP contribution >= 0.6 is 12.4 Å². The number of carbonyl (C=O) groups excluding carboxylic acids is 1. The van der Waals surface area contributed by atoms with Gasteiger partial charge in [0.2, 0.25) is 0 Å². The van der Waals surface area contributed by atoms with Gasteiger partial charge in [-0.2, -0.15) is 0 Å². The predicted octanol–water partition coefficient (Wildman–Crippen LogP) is 2.08. The van der Waals surface area contributed by atoms with Gasteiger partial charge in [-0.1, -0.05) is 42.5 Å². The number of halogens is 1. The monoisotopic (exact) mass is 306 g/mol. The number of nitrogen functional groups attached to an aromatic ring is 1. The van der Waals surface area contributed by atoms with E-state index in [1.807, 2.05) is 30.3 Å². The third-order valence-corrected chi connectivity index (χ3v) is 3.06. The molecule has 1 unspecified atom stereocenters. The van der Waals surface area contributed by atoms with E-state index in [0.717, 1.165) is 11.3 Å². The molecule has 1 amide bonds. The lowest BCUT2D eigenvalue weighted by molar-refractivity contribution is -0.129. The van der Waals surface area contributed by atoms with Gasteiger partial charge < -0.3 is 16.2 Å². The molecule has 0 aliphatic heterocycles. The lowest BCUT2D eigenvalue weighted by Crippen LogP contribution is -2.30. The van der Waals surface area contributed by atoms with Crippen molar-refractivity contribution in [3.8, 4) is 0 Å². The molecule has 4 N–H and O–H groups in total. The first-order chi connectivity index (χ1) is 9.66. The number of nitrogens with two attached hydrogens (primary N) is 1. The predicted molar refractivity (Wildman–Crippen MR) is 86.2 cm³/mol. The minimum absolute atomic E-state index is 0. The fourth-order valence-electron chi connectivity index (χ4n) is 1.90. The van der Waals surface area contributed by atoms with E-state index in [-0.39, 0.29) is 18.3 Å². The van der Waals surface area contributed by atoms with Crippen molar-refractivity contribution in [2.24, 2.45) is 0 Å². The molecule has 0 fully saturated rings. The average molecular weight is 307 g/mol. The van der Waals surface area contributed by atoms with Gasteiger partial charge in [0.15, 0.2) is 6.10 Å². The summed E-state index contributed by atoms with van der Waals surface area (Å²) in [7, 11) is 0. The summed E-state index contributed by atoms with van der Waals surface area (Å²) in [6, 6.07) is 16.4. The van der Waals surface area contributed by atoms with Crippen molar-refractivity contribution in [1.29, 1.82) is 0 Å². The van der Waals surface area contributed by atoms with Gasteiger partial charge >= 0.3 is 0 Å². The third-order valence-electron chi connectivity index (χ3n) is 3.06. The Morgan fingerprint density at radius 3 is 2.33 bits per heavy atom. The van der Waals surface area contributed by atoms with Crippen LogP contribution in [0.15, 0.2) is 54.6 Å². The lowest BCUT2D eigenvalue weighted by Gasteiger charge is -2.11. The van der Waals surface area contributed by atoms with Gasteiger partial charge in [0.1, 0.15) is 0 Å². The minimum atomic E-state index is -1.12. The number of carbonyl (C=O) groups is 1. The van der Waals surface area contributed by atoms with Crippen LogP contribution in [0.1, 0.15) is 17.2 Å². The SMILES string of the molecule is Cl.Nc1ccc(CCNC(=O)C(O)c2ccccc2)cc1. The average Bonchev–Trinajstić information content (AvgIpc) is 2.49. The molecule has 2 aromatic rings. The fraction of sp³-hybridized carbons (Fsp3) is 0.188. The van der Waals surface area contributed by atoms with E-state index in [0.29, 0.717) is 18.5 Å². The standard InChI is InChI=1S/C16H18N2O2.ClH/c17-14-8-6-12(7-9-14)10-11-18-16(20)15(19)13-4-2-1-3-5-13;/h1-9,15,19H,10-11,17H2,(H,18,20);1H. The minimum Gasteiger partial charge on any atom is -0.399 e. The molecule has 0 saturated heterocycles. The van der Waals surface area contributed by atoms with Gasteiger partial charge in [0, 0.05) is 12.2 Å². The van der Waals surface area contributed by atoms with Crippen molar-refractivity contribution in [3.05, 3.63) is 65.7 Å². The van der Waals surface area contributed by atoms with Gasteiger partial charge in [-0.3, -0.25) is 4.79 Å². The lowest BCUT2D eigenvalue weighted by atomic mass is 10.1.